The molecule has 21 heavy (non-hydrogen) atoms. The van der Waals surface area contributed by atoms with Crippen molar-refractivity contribution in [2.24, 2.45) is 0 Å². The van der Waals surface area contributed by atoms with Gasteiger partial charge in [0.15, 0.2) is 0 Å². The monoisotopic (exact) mass is 303 g/mol. The summed E-state index contributed by atoms with van der Waals surface area (Å²) in [5, 5.41) is 24.6. The molecule has 0 aliphatic carbocycles. The molecule has 7 nitrogen and oxygen atoms in total. The largest absolute Gasteiger partial charge is 0.392 e. The highest BCUT2D eigenvalue weighted by atomic mass is 19.1. The van der Waals surface area contributed by atoms with Gasteiger partial charge in [-0.2, -0.15) is 4.39 Å². The Hall–Kier alpha value is -2.13. The lowest BCUT2D eigenvalue weighted by Gasteiger charge is -2.09. The Labute approximate surface area is 119 Å². The number of halogens is 2. The molecule has 0 heterocycles. The van der Waals surface area contributed by atoms with Gasteiger partial charge in [-0.1, -0.05) is 0 Å². The van der Waals surface area contributed by atoms with Crippen molar-refractivity contribution in [2.45, 2.75) is 13.0 Å². The number of aliphatic hydroxyl groups is 1. The zero-order valence-electron chi connectivity index (χ0n) is 11.2. The van der Waals surface area contributed by atoms with Crippen molar-refractivity contribution in [3.05, 3.63) is 39.4 Å². The quantitative estimate of drug-likeness (QED) is 0.388. The number of carbonyl (C=O) groups is 1. The maximum atomic E-state index is 13.7. The molecule has 0 saturated heterocycles. The zero-order valence-corrected chi connectivity index (χ0v) is 11.2. The molecule has 1 unspecified atom stereocenters. The van der Waals surface area contributed by atoms with E-state index in [-0.39, 0.29) is 6.54 Å². The first kappa shape index (κ1) is 16.9. The minimum Gasteiger partial charge on any atom is -0.392 e. The molecule has 1 amide bonds. The van der Waals surface area contributed by atoms with Crippen LogP contribution in [-0.2, 0) is 0 Å². The van der Waals surface area contributed by atoms with Gasteiger partial charge in [-0.25, -0.2) is 4.39 Å². The molecule has 0 radical (unpaired) electrons. The number of hydrogen-bond acceptors (Lipinski definition) is 5. The van der Waals surface area contributed by atoms with Crippen LogP contribution in [0.25, 0.3) is 0 Å². The van der Waals surface area contributed by atoms with E-state index in [1.54, 1.807) is 6.92 Å². The Morgan fingerprint density at radius 2 is 2.10 bits per heavy atom. The Bertz CT molecular complexity index is 537. The van der Waals surface area contributed by atoms with Gasteiger partial charge in [-0.15, -0.1) is 0 Å². The van der Waals surface area contributed by atoms with Crippen molar-refractivity contribution in [1.29, 1.82) is 0 Å². The lowest BCUT2D eigenvalue weighted by atomic mass is 10.1. The topological polar surface area (TPSA) is 104 Å². The van der Waals surface area contributed by atoms with Crippen LogP contribution in [0.1, 0.15) is 17.3 Å². The third-order valence-electron chi connectivity index (χ3n) is 2.49. The van der Waals surface area contributed by atoms with Gasteiger partial charge in [-0.3, -0.25) is 14.9 Å². The fourth-order valence-electron chi connectivity index (χ4n) is 1.54. The first-order chi connectivity index (χ1) is 9.82. The smallest absolute Gasteiger partial charge is 0.308 e. The first-order valence-corrected chi connectivity index (χ1v) is 6.13. The highest BCUT2D eigenvalue weighted by Crippen LogP contribution is 2.22. The summed E-state index contributed by atoms with van der Waals surface area (Å²) in [5.74, 6) is -3.40. The van der Waals surface area contributed by atoms with Gasteiger partial charge < -0.3 is 15.7 Å². The minimum atomic E-state index is -1.38. The van der Waals surface area contributed by atoms with Crippen molar-refractivity contribution in [1.82, 2.24) is 10.6 Å². The second-order valence-electron chi connectivity index (χ2n) is 4.35. The van der Waals surface area contributed by atoms with Crippen molar-refractivity contribution in [2.75, 3.05) is 19.6 Å². The fourth-order valence-corrected chi connectivity index (χ4v) is 1.54. The average Bonchev–Trinajstić information content (AvgIpc) is 2.39. The number of nitro groups is 1. The Kier molecular flexibility index (Phi) is 6.12. The maximum absolute atomic E-state index is 13.7. The molecule has 1 aromatic carbocycles. The molecule has 3 N–H and O–H groups in total. The second kappa shape index (κ2) is 7.60. The van der Waals surface area contributed by atoms with E-state index in [2.05, 4.69) is 10.6 Å². The number of carbonyl (C=O) groups excluding carboxylic acids is 1. The number of nitro benzene ring substituents is 1. The fraction of sp³-hybridized carbons (Fsp3) is 0.417. The number of hydrogen-bond donors (Lipinski definition) is 3. The summed E-state index contributed by atoms with van der Waals surface area (Å²) >= 11 is 0. The van der Waals surface area contributed by atoms with Crippen LogP contribution in [0.15, 0.2) is 12.1 Å². The molecule has 9 heteroatoms. The van der Waals surface area contributed by atoms with Gasteiger partial charge in [0.1, 0.15) is 5.82 Å². The highest BCUT2D eigenvalue weighted by Gasteiger charge is 2.23. The third-order valence-corrected chi connectivity index (χ3v) is 2.49. The number of nitrogens with zero attached hydrogens (tertiary/aromatic N) is 1. The molecule has 0 aromatic heterocycles. The zero-order chi connectivity index (χ0) is 16.0. The molecular formula is C12H15F2N3O4. The van der Waals surface area contributed by atoms with Crippen molar-refractivity contribution in [3.63, 3.8) is 0 Å². The van der Waals surface area contributed by atoms with E-state index in [0.29, 0.717) is 25.2 Å². The molecule has 0 aliphatic heterocycles. The van der Waals surface area contributed by atoms with Gasteiger partial charge in [-0.05, 0) is 13.0 Å². The van der Waals surface area contributed by atoms with Crippen LogP contribution >= 0.6 is 0 Å². The van der Waals surface area contributed by atoms with Crippen LogP contribution in [-0.4, -0.2) is 41.7 Å². The van der Waals surface area contributed by atoms with Crippen LogP contribution < -0.4 is 10.6 Å². The van der Waals surface area contributed by atoms with Gasteiger partial charge in [0.05, 0.1) is 22.7 Å². The molecule has 116 valence electrons. The summed E-state index contributed by atoms with van der Waals surface area (Å²) in [7, 11) is 0. The van der Waals surface area contributed by atoms with Crippen LogP contribution in [0.2, 0.25) is 0 Å². The molecule has 1 rings (SSSR count). The van der Waals surface area contributed by atoms with E-state index in [0.717, 1.165) is 0 Å². The van der Waals surface area contributed by atoms with E-state index in [4.69, 9.17) is 5.11 Å². The molecule has 0 bridgehead atoms. The summed E-state index contributed by atoms with van der Waals surface area (Å²) < 4.78 is 26.9. The van der Waals surface area contributed by atoms with Gasteiger partial charge >= 0.3 is 5.69 Å². The van der Waals surface area contributed by atoms with Crippen molar-refractivity contribution >= 4 is 11.6 Å². The van der Waals surface area contributed by atoms with E-state index < -0.39 is 39.8 Å². The lowest BCUT2D eigenvalue weighted by Crippen LogP contribution is -2.35. The molecule has 0 spiro atoms. The van der Waals surface area contributed by atoms with Crippen molar-refractivity contribution in [3.8, 4) is 0 Å². The van der Waals surface area contributed by atoms with E-state index in [1.165, 1.54) is 0 Å². The number of amides is 1. The summed E-state index contributed by atoms with van der Waals surface area (Å²) in [6.07, 6.45) is -0.552. The number of rotatable bonds is 7. The first-order valence-electron chi connectivity index (χ1n) is 6.13. The van der Waals surface area contributed by atoms with Gasteiger partial charge in [0, 0.05) is 19.6 Å². The van der Waals surface area contributed by atoms with Gasteiger partial charge in [0.2, 0.25) is 5.82 Å². The number of nitrogens with one attached hydrogen (secondary N) is 2. The molecule has 1 aromatic rings. The molecule has 1 atom stereocenters. The van der Waals surface area contributed by atoms with E-state index >= 15 is 0 Å². The summed E-state index contributed by atoms with van der Waals surface area (Å²) in [5.41, 5.74) is -1.82. The van der Waals surface area contributed by atoms with Gasteiger partial charge in [0.25, 0.3) is 5.91 Å². The Balaban J connectivity index is 2.68. The predicted octanol–water partition coefficient (Wildman–Crippen LogP) is 0.573. The summed E-state index contributed by atoms with van der Waals surface area (Å²) in [6.45, 7) is 2.29. The minimum absolute atomic E-state index is 0.0926. The van der Waals surface area contributed by atoms with Crippen LogP contribution in [0.4, 0.5) is 14.5 Å². The number of aliphatic hydroxyl groups excluding tert-OH is 1. The van der Waals surface area contributed by atoms with E-state index in [1.807, 2.05) is 0 Å². The predicted molar refractivity (Wildman–Crippen MR) is 69.9 cm³/mol. The van der Waals surface area contributed by atoms with Crippen LogP contribution in [0, 0.1) is 21.7 Å². The van der Waals surface area contributed by atoms with Crippen molar-refractivity contribution < 1.29 is 23.6 Å². The standard InChI is InChI=1S/C12H15F2N3O4/c1-7(18)6-15-2-3-16-12(19)9-4-8(13)5-10(11(9)14)17(20)21/h4-5,7,15,18H,2-3,6H2,1H3,(H,16,19). The maximum Gasteiger partial charge on any atom is 0.308 e. The average molecular weight is 303 g/mol. The number of benzene rings is 1. The van der Waals surface area contributed by atoms with Crippen LogP contribution in [0.5, 0.6) is 0 Å². The summed E-state index contributed by atoms with van der Waals surface area (Å²) in [6, 6.07) is 1.01. The highest BCUT2D eigenvalue weighted by molar-refractivity contribution is 5.95. The third kappa shape index (κ3) is 5.04. The Morgan fingerprint density at radius 1 is 1.43 bits per heavy atom. The van der Waals surface area contributed by atoms with E-state index in [9.17, 15) is 23.7 Å². The summed E-state index contributed by atoms with van der Waals surface area (Å²) in [4.78, 5) is 21.1. The SMILES string of the molecule is CC(O)CNCCNC(=O)c1cc(F)cc([N+](=O)[O-])c1F. The molecular weight excluding hydrogens is 288 g/mol. The molecule has 0 saturated carbocycles. The Morgan fingerprint density at radius 3 is 2.67 bits per heavy atom. The van der Waals surface area contributed by atoms with Crippen LogP contribution in [0.3, 0.4) is 0 Å². The molecule has 0 aliphatic rings. The molecule has 0 fully saturated rings. The lowest BCUT2D eigenvalue weighted by molar-refractivity contribution is -0.387. The second-order valence-corrected chi connectivity index (χ2v) is 4.35. The normalized spacial score (nSPS) is 12.0.